The van der Waals surface area contributed by atoms with Crippen LogP contribution < -0.4 is 0 Å². The number of thiophene rings is 1. The second kappa shape index (κ2) is 4.70. The van der Waals surface area contributed by atoms with E-state index in [2.05, 4.69) is 21.0 Å². The number of fused-ring (bicyclic) bond motifs is 2. The maximum absolute atomic E-state index is 11.2. The van der Waals surface area contributed by atoms with Crippen LogP contribution in [0.25, 0.3) is 11.0 Å². The summed E-state index contributed by atoms with van der Waals surface area (Å²) in [7, 11) is 0. The number of benzene rings is 1. The van der Waals surface area contributed by atoms with Crippen molar-refractivity contribution in [3.8, 4) is 0 Å². The monoisotopic (exact) mass is 298 g/mol. The summed E-state index contributed by atoms with van der Waals surface area (Å²) in [5, 5.41) is 11.3. The second-order valence-corrected chi connectivity index (χ2v) is 6.37. The zero-order chi connectivity index (χ0) is 14.4. The van der Waals surface area contributed by atoms with E-state index in [1.165, 1.54) is 10.4 Å². The van der Waals surface area contributed by atoms with Crippen LogP contribution in [0.5, 0.6) is 0 Å². The molecule has 1 unspecified atom stereocenters. The Kier molecular flexibility index (Phi) is 2.82. The van der Waals surface area contributed by atoms with Crippen LogP contribution in [0, 0.1) is 0 Å². The molecular weight excluding hydrogens is 284 g/mol. The van der Waals surface area contributed by atoms with Crippen molar-refractivity contribution in [2.45, 2.75) is 25.3 Å². The molecule has 4 rings (SSSR count). The molecule has 1 aliphatic rings. The third kappa shape index (κ3) is 1.96. The first-order valence-electron chi connectivity index (χ1n) is 7.00. The highest BCUT2D eigenvalue weighted by Gasteiger charge is 2.24. The summed E-state index contributed by atoms with van der Waals surface area (Å²) in [6.07, 6.45) is 5.23. The van der Waals surface area contributed by atoms with Gasteiger partial charge in [-0.05, 0) is 54.5 Å². The highest BCUT2D eigenvalue weighted by Crippen LogP contribution is 2.37. The van der Waals surface area contributed by atoms with Gasteiger partial charge in [-0.15, -0.1) is 11.3 Å². The fourth-order valence-corrected chi connectivity index (χ4v) is 4.14. The van der Waals surface area contributed by atoms with Gasteiger partial charge in [-0.2, -0.15) is 0 Å². The van der Waals surface area contributed by atoms with Gasteiger partial charge >= 0.3 is 5.97 Å². The minimum absolute atomic E-state index is 0.272. The number of aromatic carboxylic acids is 1. The summed E-state index contributed by atoms with van der Waals surface area (Å²) in [5.41, 5.74) is 3.43. The Hall–Kier alpha value is -2.14. The molecule has 0 bridgehead atoms. The summed E-state index contributed by atoms with van der Waals surface area (Å²) >= 11 is 1.81. The minimum atomic E-state index is -0.899. The highest BCUT2D eigenvalue weighted by molar-refractivity contribution is 7.10. The number of rotatable bonds is 2. The number of carboxylic acids is 1. The Morgan fingerprint density at radius 1 is 1.38 bits per heavy atom. The molecule has 0 radical (unpaired) electrons. The van der Waals surface area contributed by atoms with Crippen molar-refractivity contribution in [1.82, 2.24) is 9.55 Å². The molecule has 5 heteroatoms. The number of aryl methyl sites for hydroxylation is 1. The van der Waals surface area contributed by atoms with E-state index in [1.807, 2.05) is 17.7 Å². The maximum atomic E-state index is 11.2. The first kappa shape index (κ1) is 12.6. The third-order valence-electron chi connectivity index (χ3n) is 4.18. The Morgan fingerprint density at radius 2 is 2.29 bits per heavy atom. The highest BCUT2D eigenvalue weighted by atomic mass is 32.1. The van der Waals surface area contributed by atoms with Crippen LogP contribution in [0.15, 0.2) is 36.0 Å². The quantitative estimate of drug-likeness (QED) is 0.784. The predicted molar refractivity (Wildman–Crippen MR) is 82.1 cm³/mol. The van der Waals surface area contributed by atoms with Crippen molar-refractivity contribution in [1.29, 1.82) is 0 Å². The minimum Gasteiger partial charge on any atom is -0.478 e. The summed E-state index contributed by atoms with van der Waals surface area (Å²) in [6, 6.07) is 7.59. The molecule has 3 aromatic rings. The number of carboxylic acid groups (broad SMARTS) is 1. The van der Waals surface area contributed by atoms with E-state index in [0.29, 0.717) is 5.56 Å². The molecule has 21 heavy (non-hydrogen) atoms. The molecule has 2 aromatic heterocycles. The standard InChI is InChI=1S/C16H14N2O2S/c19-16(20)10-4-5-12-14(8-10)18(9-17-12)13-2-1-3-15-11(13)6-7-21-15/h4-9,13H,1-3H2,(H,19,20). The molecule has 1 aromatic carbocycles. The summed E-state index contributed by atoms with van der Waals surface area (Å²) in [6.45, 7) is 0. The molecule has 0 saturated heterocycles. The van der Waals surface area contributed by atoms with Crippen LogP contribution in [-0.4, -0.2) is 20.6 Å². The predicted octanol–water partition coefficient (Wildman–Crippen LogP) is 3.72. The fourth-order valence-electron chi connectivity index (χ4n) is 3.16. The summed E-state index contributed by atoms with van der Waals surface area (Å²) in [4.78, 5) is 17.1. The van der Waals surface area contributed by atoms with Gasteiger partial charge in [0.1, 0.15) is 0 Å². The normalized spacial score (nSPS) is 17.8. The van der Waals surface area contributed by atoms with E-state index in [1.54, 1.807) is 18.2 Å². The van der Waals surface area contributed by atoms with Gasteiger partial charge in [-0.25, -0.2) is 9.78 Å². The van der Waals surface area contributed by atoms with Gasteiger partial charge in [-0.3, -0.25) is 0 Å². The number of carbonyl (C=O) groups is 1. The Morgan fingerprint density at radius 3 is 3.14 bits per heavy atom. The van der Waals surface area contributed by atoms with Gasteiger partial charge in [0, 0.05) is 4.88 Å². The molecule has 0 aliphatic heterocycles. The average Bonchev–Trinajstić information content (AvgIpc) is 3.12. The van der Waals surface area contributed by atoms with Crippen molar-refractivity contribution >= 4 is 28.3 Å². The Balaban J connectivity index is 1.88. The molecule has 1 aliphatic carbocycles. The molecule has 0 saturated carbocycles. The lowest BCUT2D eigenvalue weighted by atomic mass is 9.93. The van der Waals surface area contributed by atoms with E-state index >= 15 is 0 Å². The number of hydrogen-bond donors (Lipinski definition) is 1. The number of imidazole rings is 1. The van der Waals surface area contributed by atoms with Gasteiger partial charge in [-0.1, -0.05) is 0 Å². The number of nitrogens with zero attached hydrogens (tertiary/aromatic N) is 2. The second-order valence-electron chi connectivity index (χ2n) is 5.37. The fraction of sp³-hybridized carbons (Fsp3) is 0.250. The van der Waals surface area contributed by atoms with Crippen molar-refractivity contribution < 1.29 is 9.90 Å². The van der Waals surface area contributed by atoms with Crippen LogP contribution >= 0.6 is 11.3 Å². The number of hydrogen-bond acceptors (Lipinski definition) is 3. The topological polar surface area (TPSA) is 55.1 Å². The zero-order valence-corrected chi connectivity index (χ0v) is 12.1. The van der Waals surface area contributed by atoms with Crippen LogP contribution in [0.3, 0.4) is 0 Å². The average molecular weight is 298 g/mol. The summed E-state index contributed by atoms with van der Waals surface area (Å²) in [5.74, 6) is -0.899. The van der Waals surface area contributed by atoms with Gasteiger partial charge in [0.15, 0.2) is 0 Å². The van der Waals surface area contributed by atoms with Gasteiger partial charge in [0.2, 0.25) is 0 Å². The zero-order valence-electron chi connectivity index (χ0n) is 11.3. The first-order chi connectivity index (χ1) is 10.2. The van der Waals surface area contributed by atoms with Crippen LogP contribution in [-0.2, 0) is 6.42 Å². The molecule has 1 atom stereocenters. The Bertz CT molecular complexity index is 834. The third-order valence-corrected chi connectivity index (χ3v) is 5.17. The SMILES string of the molecule is O=C(O)c1ccc2ncn(C3CCCc4sccc43)c2c1. The molecule has 0 fully saturated rings. The van der Waals surface area contributed by atoms with Crippen molar-refractivity contribution in [2.24, 2.45) is 0 Å². The lowest BCUT2D eigenvalue weighted by Crippen LogP contribution is -2.15. The van der Waals surface area contributed by atoms with E-state index in [0.717, 1.165) is 30.3 Å². The molecule has 4 nitrogen and oxygen atoms in total. The van der Waals surface area contributed by atoms with E-state index in [4.69, 9.17) is 0 Å². The largest absolute Gasteiger partial charge is 0.478 e. The van der Waals surface area contributed by atoms with Crippen LogP contribution in [0.1, 0.15) is 39.7 Å². The van der Waals surface area contributed by atoms with E-state index in [9.17, 15) is 9.90 Å². The van der Waals surface area contributed by atoms with Gasteiger partial charge in [0.25, 0.3) is 0 Å². The van der Waals surface area contributed by atoms with E-state index < -0.39 is 5.97 Å². The lowest BCUT2D eigenvalue weighted by molar-refractivity contribution is 0.0697. The first-order valence-corrected chi connectivity index (χ1v) is 7.88. The van der Waals surface area contributed by atoms with Gasteiger partial charge in [0.05, 0.1) is 29.0 Å². The van der Waals surface area contributed by atoms with Crippen LogP contribution in [0.4, 0.5) is 0 Å². The maximum Gasteiger partial charge on any atom is 0.335 e. The number of aromatic nitrogens is 2. The van der Waals surface area contributed by atoms with Gasteiger partial charge < -0.3 is 9.67 Å². The molecule has 1 N–H and O–H groups in total. The summed E-state index contributed by atoms with van der Waals surface area (Å²) < 4.78 is 2.13. The molecule has 0 amide bonds. The molecule has 106 valence electrons. The van der Waals surface area contributed by atoms with Crippen molar-refractivity contribution in [3.63, 3.8) is 0 Å². The Labute approximate surface area is 125 Å². The van der Waals surface area contributed by atoms with E-state index in [-0.39, 0.29) is 6.04 Å². The molecular formula is C16H14N2O2S. The molecule has 2 heterocycles. The smallest absolute Gasteiger partial charge is 0.335 e. The lowest BCUT2D eigenvalue weighted by Gasteiger charge is -2.24. The molecule has 0 spiro atoms. The van der Waals surface area contributed by atoms with Crippen molar-refractivity contribution in [3.05, 3.63) is 52.0 Å². The van der Waals surface area contributed by atoms with Crippen LogP contribution in [0.2, 0.25) is 0 Å². The van der Waals surface area contributed by atoms with Crippen molar-refractivity contribution in [2.75, 3.05) is 0 Å².